The number of phosphoric ester groups is 2. The van der Waals surface area contributed by atoms with E-state index in [0.717, 1.165) is 154 Å². The molecule has 0 saturated heterocycles. The molecule has 17 nitrogen and oxygen atoms in total. The second-order valence-corrected chi connectivity index (χ2v) is 30.6. The van der Waals surface area contributed by atoms with Crippen molar-refractivity contribution in [3.63, 3.8) is 0 Å². The van der Waals surface area contributed by atoms with E-state index in [0.29, 0.717) is 25.7 Å². The summed E-state index contributed by atoms with van der Waals surface area (Å²) in [7, 11) is -9.95. The zero-order valence-corrected chi connectivity index (χ0v) is 65.9. The Bertz CT molecular complexity index is 1940. The molecule has 0 heterocycles. The number of aliphatic hydroxyl groups excluding tert-OH is 1. The number of phosphoric acid groups is 2. The third-order valence-corrected chi connectivity index (χ3v) is 19.6. The molecule has 100 heavy (non-hydrogen) atoms. The summed E-state index contributed by atoms with van der Waals surface area (Å²) in [4.78, 5) is 73.0. The Morgan fingerprint density at radius 1 is 0.270 bits per heavy atom. The first-order valence-electron chi connectivity index (χ1n) is 40.9. The fourth-order valence-electron chi connectivity index (χ4n) is 11.4. The predicted octanol–water partition coefficient (Wildman–Crippen LogP) is 23.7. The van der Waals surface area contributed by atoms with Gasteiger partial charge in [-0.15, -0.1) is 0 Å². The van der Waals surface area contributed by atoms with Gasteiger partial charge in [-0.1, -0.05) is 282 Å². The summed E-state index contributed by atoms with van der Waals surface area (Å²) in [6, 6.07) is 0. The normalized spacial score (nSPS) is 14.1. The molecule has 4 atom stereocenters. The van der Waals surface area contributed by atoms with Crippen LogP contribution in [0.2, 0.25) is 0 Å². The highest BCUT2D eigenvalue weighted by Crippen LogP contribution is 2.45. The van der Waals surface area contributed by atoms with Crippen LogP contribution in [-0.2, 0) is 65.4 Å². The van der Waals surface area contributed by atoms with Gasteiger partial charge in [-0.3, -0.25) is 37.3 Å². The number of rotatable bonds is 78. The van der Waals surface area contributed by atoms with E-state index >= 15 is 0 Å². The minimum Gasteiger partial charge on any atom is -0.462 e. The lowest BCUT2D eigenvalue weighted by Gasteiger charge is -2.21. The molecule has 0 fully saturated rings. The van der Waals surface area contributed by atoms with Crippen molar-refractivity contribution in [3.8, 4) is 0 Å². The molecule has 586 valence electrons. The number of esters is 4. The number of unbranched alkanes of at least 4 members (excludes halogenated alkanes) is 44. The Morgan fingerprint density at radius 3 is 0.690 bits per heavy atom. The smallest absolute Gasteiger partial charge is 0.462 e. The molecule has 0 aromatic rings. The van der Waals surface area contributed by atoms with Gasteiger partial charge in [-0.2, -0.15) is 0 Å². The number of aliphatic hydroxyl groups is 1. The van der Waals surface area contributed by atoms with E-state index in [1.807, 2.05) is 0 Å². The number of carbonyl (C=O) groups is 4. The first kappa shape index (κ1) is 97.0. The lowest BCUT2D eigenvalue weighted by molar-refractivity contribution is -0.161. The molecule has 0 aliphatic rings. The van der Waals surface area contributed by atoms with Crippen molar-refractivity contribution in [1.29, 1.82) is 0 Å². The Kier molecular flexibility index (Phi) is 72.1. The molecule has 0 aromatic heterocycles. The van der Waals surface area contributed by atoms with Crippen LogP contribution >= 0.6 is 15.6 Å². The van der Waals surface area contributed by atoms with Gasteiger partial charge < -0.3 is 33.8 Å². The first-order valence-corrected chi connectivity index (χ1v) is 43.9. The quantitative estimate of drug-likeness (QED) is 0.0169. The van der Waals surface area contributed by atoms with Crippen LogP contribution in [0.25, 0.3) is 0 Å². The molecule has 0 saturated carbocycles. The Labute approximate surface area is 610 Å². The zero-order chi connectivity index (χ0) is 73.2. The second kappa shape index (κ2) is 74.3. The first-order chi connectivity index (χ1) is 48.7. The second-order valence-electron chi connectivity index (χ2n) is 27.7. The summed E-state index contributed by atoms with van der Waals surface area (Å²) in [6.45, 7) is 4.90. The van der Waals surface area contributed by atoms with Crippen molar-refractivity contribution in [2.45, 2.75) is 406 Å². The van der Waals surface area contributed by atoms with Crippen LogP contribution in [0, 0.1) is 0 Å². The molecule has 0 aliphatic carbocycles. The topological polar surface area (TPSA) is 237 Å². The average Bonchev–Trinajstić information content (AvgIpc) is 1.01. The molecule has 3 N–H and O–H groups in total. The van der Waals surface area contributed by atoms with Gasteiger partial charge in [0.15, 0.2) is 12.2 Å². The molecule has 2 unspecified atom stereocenters. The van der Waals surface area contributed by atoms with E-state index in [1.54, 1.807) is 0 Å². The van der Waals surface area contributed by atoms with Gasteiger partial charge in [0.1, 0.15) is 19.3 Å². The summed E-state index contributed by atoms with van der Waals surface area (Å²) in [5.74, 6) is -2.17. The minimum absolute atomic E-state index is 0.0884. The summed E-state index contributed by atoms with van der Waals surface area (Å²) in [5.41, 5.74) is 0. The third-order valence-electron chi connectivity index (χ3n) is 17.7. The van der Waals surface area contributed by atoms with Crippen molar-refractivity contribution in [1.82, 2.24) is 0 Å². The van der Waals surface area contributed by atoms with Crippen molar-refractivity contribution < 1.29 is 80.2 Å². The molecule has 19 heteroatoms. The summed E-state index contributed by atoms with van der Waals surface area (Å²) in [6.07, 6.45) is 72.2. The number of allylic oxidation sites excluding steroid dienone is 8. The maximum atomic E-state index is 13.1. The fourth-order valence-corrected chi connectivity index (χ4v) is 13.0. The SMILES string of the molecule is CCCCCCCC/C=C\CCCCCCCC(=O)OC[C@H](COP(=O)(O)OCC(O)COP(=O)(O)OC[C@@H](COC(=O)CCCCCCC/C=C\CCCCCCCC)OC(=O)CCCCCCC/C=C\CCCCCCCC)OC(=O)CCCCCCC/C=C\CCCCCCCC. The average molecular weight is 1460 g/mol. The maximum absolute atomic E-state index is 13.1. The lowest BCUT2D eigenvalue weighted by Crippen LogP contribution is -2.30. The fraction of sp³-hybridized carbons (Fsp3) is 0.852. The van der Waals surface area contributed by atoms with E-state index in [1.165, 1.54) is 154 Å². The van der Waals surface area contributed by atoms with E-state index in [4.69, 9.17) is 37.0 Å². The summed E-state index contributed by atoms with van der Waals surface area (Å²) in [5, 5.41) is 10.6. The van der Waals surface area contributed by atoms with Crippen molar-refractivity contribution in [2.75, 3.05) is 39.6 Å². The molecule has 0 radical (unpaired) electrons. The monoisotopic (exact) mass is 1460 g/mol. The molecule has 0 bridgehead atoms. The van der Waals surface area contributed by atoms with Crippen LogP contribution in [0.3, 0.4) is 0 Å². The highest BCUT2D eigenvalue weighted by Gasteiger charge is 2.30. The van der Waals surface area contributed by atoms with Crippen LogP contribution in [0.4, 0.5) is 0 Å². The van der Waals surface area contributed by atoms with Crippen LogP contribution < -0.4 is 0 Å². The van der Waals surface area contributed by atoms with E-state index < -0.39 is 97.5 Å². The van der Waals surface area contributed by atoms with E-state index in [2.05, 4.69) is 76.3 Å². The Hall–Kier alpha value is -2.98. The van der Waals surface area contributed by atoms with Gasteiger partial charge in [0.05, 0.1) is 26.4 Å². The number of hydrogen-bond donors (Lipinski definition) is 3. The molecule has 0 aliphatic heterocycles. The predicted molar refractivity (Wildman–Crippen MR) is 409 cm³/mol. The van der Waals surface area contributed by atoms with E-state index in [-0.39, 0.29) is 25.7 Å². The van der Waals surface area contributed by atoms with Crippen molar-refractivity contribution >= 4 is 39.5 Å². The maximum Gasteiger partial charge on any atom is 0.472 e. The van der Waals surface area contributed by atoms with E-state index in [9.17, 15) is 43.2 Å². The van der Waals surface area contributed by atoms with Gasteiger partial charge in [0.25, 0.3) is 0 Å². The number of ether oxygens (including phenoxy) is 4. The highest BCUT2D eigenvalue weighted by atomic mass is 31.2. The van der Waals surface area contributed by atoms with Gasteiger partial charge in [-0.05, 0) is 128 Å². The van der Waals surface area contributed by atoms with Crippen LogP contribution in [0.1, 0.15) is 387 Å². The molecule has 0 rings (SSSR count). The third kappa shape index (κ3) is 73.3. The molecular weight excluding hydrogens is 1310 g/mol. The van der Waals surface area contributed by atoms with Gasteiger partial charge in [0.2, 0.25) is 0 Å². The highest BCUT2D eigenvalue weighted by molar-refractivity contribution is 7.47. The van der Waals surface area contributed by atoms with Gasteiger partial charge in [0, 0.05) is 25.7 Å². The minimum atomic E-state index is -4.97. The van der Waals surface area contributed by atoms with Crippen LogP contribution in [-0.4, -0.2) is 96.7 Å². The van der Waals surface area contributed by atoms with Gasteiger partial charge >= 0.3 is 39.5 Å². The summed E-state index contributed by atoms with van der Waals surface area (Å²) < 4.78 is 68.6. The standard InChI is InChI=1S/C81H150O17P2/c1-5-9-13-17-21-25-29-33-37-41-45-49-53-57-61-65-78(83)91-71-76(97-80(85)67-63-59-55-51-47-43-39-35-31-27-23-19-15-11-7-3)73-95-99(87,88)93-69-75(82)70-94-100(89,90)96-74-77(98-81(86)68-64-60-56-52-48-44-40-36-32-28-24-20-16-12-8-4)72-92-79(84)66-62-58-54-50-46-42-38-34-30-26-22-18-14-10-6-2/h33-40,75-77,82H,5-32,41-74H2,1-4H3,(H,87,88)(H,89,90)/b37-33-,38-34-,39-35-,40-36-/t76-,77-/m1/s1. The van der Waals surface area contributed by atoms with Crippen LogP contribution in [0.5, 0.6) is 0 Å². The molecular formula is C81H150O17P2. The number of hydrogen-bond acceptors (Lipinski definition) is 15. The lowest BCUT2D eigenvalue weighted by atomic mass is 10.1. The van der Waals surface area contributed by atoms with Gasteiger partial charge in [-0.25, -0.2) is 9.13 Å². The Morgan fingerprint density at radius 2 is 0.460 bits per heavy atom. The largest absolute Gasteiger partial charge is 0.472 e. The zero-order valence-electron chi connectivity index (χ0n) is 64.1. The number of carbonyl (C=O) groups excluding carboxylic acids is 4. The van der Waals surface area contributed by atoms with Crippen molar-refractivity contribution in [3.05, 3.63) is 48.6 Å². The summed E-state index contributed by atoms with van der Waals surface area (Å²) >= 11 is 0. The van der Waals surface area contributed by atoms with Crippen LogP contribution in [0.15, 0.2) is 48.6 Å². The molecule has 0 aromatic carbocycles. The molecule has 0 spiro atoms. The van der Waals surface area contributed by atoms with Crippen molar-refractivity contribution in [2.24, 2.45) is 0 Å². The Balaban J connectivity index is 5.34. The molecule has 0 amide bonds.